The molecule has 0 N–H and O–H groups in total. The van der Waals surface area contributed by atoms with E-state index >= 15 is 0 Å². The molecule has 0 atom stereocenters. The van der Waals surface area contributed by atoms with E-state index in [1.54, 1.807) is 12.3 Å². The summed E-state index contributed by atoms with van der Waals surface area (Å²) >= 11 is 0. The van der Waals surface area contributed by atoms with Gasteiger partial charge in [0.25, 0.3) is 6.47 Å². The predicted molar refractivity (Wildman–Crippen MR) is 63.9 cm³/mol. The first-order valence-corrected chi connectivity index (χ1v) is 5.96. The second kappa shape index (κ2) is 5.17. The van der Waals surface area contributed by atoms with E-state index in [2.05, 4.69) is 11.9 Å². The molecule has 0 bridgehead atoms. The van der Waals surface area contributed by atoms with Crippen LogP contribution in [0.4, 0.5) is 0 Å². The van der Waals surface area contributed by atoms with Gasteiger partial charge in [-0.25, -0.2) is 4.99 Å². The molecule has 4 nitrogen and oxygen atoms in total. The van der Waals surface area contributed by atoms with Crippen LogP contribution in [0.3, 0.4) is 0 Å². The summed E-state index contributed by atoms with van der Waals surface area (Å²) in [6, 6.07) is 1.74. The van der Waals surface area contributed by atoms with Gasteiger partial charge in [0.2, 0.25) is 5.90 Å². The Morgan fingerprint density at radius 2 is 2.24 bits per heavy atom. The van der Waals surface area contributed by atoms with Gasteiger partial charge in [-0.15, -0.1) is 0 Å². The van der Waals surface area contributed by atoms with Crippen molar-refractivity contribution in [2.24, 2.45) is 4.99 Å². The van der Waals surface area contributed by atoms with Gasteiger partial charge in [-0.3, -0.25) is 4.79 Å². The Morgan fingerprint density at radius 3 is 2.82 bits per heavy atom. The summed E-state index contributed by atoms with van der Waals surface area (Å²) in [5.74, 6) is 0.359. The summed E-state index contributed by atoms with van der Waals surface area (Å²) in [6.07, 6.45) is 8.78. The van der Waals surface area contributed by atoms with E-state index in [1.807, 2.05) is 0 Å². The van der Waals surface area contributed by atoms with Crippen molar-refractivity contribution in [3.05, 3.63) is 24.2 Å². The fourth-order valence-corrected chi connectivity index (χ4v) is 2.26. The zero-order valence-corrected chi connectivity index (χ0v) is 10.0. The number of nitrogens with zero attached hydrogens (tertiary/aromatic N) is 1. The Labute approximate surface area is 101 Å². The van der Waals surface area contributed by atoms with Crippen molar-refractivity contribution >= 4 is 12.4 Å². The van der Waals surface area contributed by atoms with E-state index in [9.17, 15) is 4.79 Å². The molecule has 1 aliphatic rings. The zero-order chi connectivity index (χ0) is 12.1. The molecule has 1 saturated carbocycles. The molecule has 2 rings (SSSR count). The van der Waals surface area contributed by atoms with Crippen molar-refractivity contribution in [1.29, 1.82) is 0 Å². The lowest BCUT2D eigenvalue weighted by molar-refractivity contribution is -0.121. The molecule has 1 aromatic heterocycles. The summed E-state index contributed by atoms with van der Waals surface area (Å²) in [4.78, 5) is 15.1. The number of rotatable bonds is 3. The summed E-state index contributed by atoms with van der Waals surface area (Å²) in [5.41, 5.74) is 0.595. The monoisotopic (exact) mass is 235 g/mol. The molecule has 92 valence electrons. The largest absolute Gasteiger partial charge is 0.472 e. The van der Waals surface area contributed by atoms with Crippen molar-refractivity contribution < 1.29 is 13.9 Å². The predicted octanol–water partition coefficient (Wildman–Crippen LogP) is 2.92. The molecular weight excluding hydrogens is 218 g/mol. The SMILES string of the molecule is CC1(N=C(OC=O)c2ccoc2)CCCCC1. The molecule has 0 saturated heterocycles. The van der Waals surface area contributed by atoms with Gasteiger partial charge >= 0.3 is 0 Å². The second-order valence-electron chi connectivity index (χ2n) is 4.70. The van der Waals surface area contributed by atoms with Gasteiger partial charge < -0.3 is 9.15 Å². The van der Waals surface area contributed by atoms with Crippen LogP contribution >= 0.6 is 0 Å². The molecule has 1 aromatic rings. The Hall–Kier alpha value is -1.58. The van der Waals surface area contributed by atoms with E-state index in [-0.39, 0.29) is 5.54 Å². The van der Waals surface area contributed by atoms with Crippen LogP contribution in [0.5, 0.6) is 0 Å². The highest BCUT2D eigenvalue weighted by Gasteiger charge is 2.27. The number of hydrogen-bond acceptors (Lipinski definition) is 4. The first-order chi connectivity index (χ1) is 8.23. The van der Waals surface area contributed by atoms with Gasteiger partial charge in [0.05, 0.1) is 17.4 Å². The van der Waals surface area contributed by atoms with Crippen molar-refractivity contribution in [2.75, 3.05) is 0 Å². The topological polar surface area (TPSA) is 51.8 Å². The maximum absolute atomic E-state index is 10.5. The third-order valence-corrected chi connectivity index (χ3v) is 3.23. The number of ether oxygens (including phenoxy) is 1. The van der Waals surface area contributed by atoms with Gasteiger partial charge in [-0.05, 0) is 25.8 Å². The molecule has 17 heavy (non-hydrogen) atoms. The van der Waals surface area contributed by atoms with Crippen molar-refractivity contribution in [3.63, 3.8) is 0 Å². The number of carbonyl (C=O) groups is 1. The molecule has 1 aliphatic carbocycles. The molecule has 0 aromatic carbocycles. The smallest absolute Gasteiger partial charge is 0.299 e. The maximum Gasteiger partial charge on any atom is 0.299 e. The highest BCUT2D eigenvalue weighted by atomic mass is 16.5. The van der Waals surface area contributed by atoms with Gasteiger partial charge in [0, 0.05) is 0 Å². The minimum Gasteiger partial charge on any atom is -0.472 e. The Kier molecular flexibility index (Phi) is 3.61. The van der Waals surface area contributed by atoms with Gasteiger partial charge in [-0.2, -0.15) is 0 Å². The van der Waals surface area contributed by atoms with E-state index < -0.39 is 0 Å². The standard InChI is InChI=1S/C13H17NO3/c1-13(6-3-2-4-7-13)14-12(17-10-15)11-5-8-16-9-11/h5,8-10H,2-4,6-7H2,1H3. The average Bonchev–Trinajstić information content (AvgIpc) is 2.82. The number of carbonyl (C=O) groups excluding carboxylic acids is 1. The summed E-state index contributed by atoms with van der Waals surface area (Å²) in [7, 11) is 0. The Bertz CT molecular complexity index is 389. The van der Waals surface area contributed by atoms with Crippen molar-refractivity contribution in [1.82, 2.24) is 0 Å². The van der Waals surface area contributed by atoms with Crippen LogP contribution in [0.1, 0.15) is 44.6 Å². The highest BCUT2D eigenvalue weighted by Crippen LogP contribution is 2.31. The second-order valence-corrected chi connectivity index (χ2v) is 4.70. The first kappa shape index (κ1) is 11.9. The molecule has 1 fully saturated rings. The van der Waals surface area contributed by atoms with Crippen LogP contribution < -0.4 is 0 Å². The van der Waals surface area contributed by atoms with Crippen molar-refractivity contribution in [2.45, 2.75) is 44.6 Å². The summed E-state index contributed by atoms with van der Waals surface area (Å²) < 4.78 is 9.95. The number of furan rings is 1. The summed E-state index contributed by atoms with van der Waals surface area (Å²) in [5, 5.41) is 0. The maximum atomic E-state index is 10.5. The van der Waals surface area contributed by atoms with Gasteiger partial charge in [0.1, 0.15) is 6.26 Å². The number of hydrogen-bond donors (Lipinski definition) is 0. The van der Waals surface area contributed by atoms with E-state index in [1.165, 1.54) is 25.5 Å². The zero-order valence-electron chi connectivity index (χ0n) is 10.0. The average molecular weight is 235 g/mol. The molecule has 0 amide bonds. The van der Waals surface area contributed by atoms with E-state index in [4.69, 9.17) is 9.15 Å². The van der Waals surface area contributed by atoms with Crippen LogP contribution in [0.2, 0.25) is 0 Å². The normalized spacial score (nSPS) is 19.9. The Morgan fingerprint density at radius 1 is 1.47 bits per heavy atom. The lowest BCUT2D eigenvalue weighted by atomic mass is 9.84. The molecule has 0 radical (unpaired) electrons. The minimum absolute atomic E-state index is 0.117. The molecule has 0 unspecified atom stereocenters. The number of aliphatic imine (C=N–C) groups is 1. The molecule has 4 heteroatoms. The third-order valence-electron chi connectivity index (χ3n) is 3.23. The first-order valence-electron chi connectivity index (χ1n) is 5.96. The van der Waals surface area contributed by atoms with Crippen LogP contribution in [0.25, 0.3) is 0 Å². The van der Waals surface area contributed by atoms with Crippen LogP contribution in [0.15, 0.2) is 28.0 Å². The quantitative estimate of drug-likeness (QED) is 0.460. The lowest BCUT2D eigenvalue weighted by Gasteiger charge is -2.29. The third kappa shape index (κ3) is 2.96. The molecular formula is C13H17NO3. The van der Waals surface area contributed by atoms with E-state index in [0.29, 0.717) is 17.9 Å². The van der Waals surface area contributed by atoms with Gasteiger partial charge in [-0.1, -0.05) is 19.3 Å². The lowest BCUT2D eigenvalue weighted by Crippen LogP contribution is -2.27. The van der Waals surface area contributed by atoms with Crippen molar-refractivity contribution in [3.8, 4) is 0 Å². The minimum atomic E-state index is -0.117. The van der Waals surface area contributed by atoms with Gasteiger partial charge in [0.15, 0.2) is 0 Å². The molecule has 0 spiro atoms. The molecule has 0 aliphatic heterocycles. The highest BCUT2D eigenvalue weighted by molar-refractivity contribution is 5.97. The van der Waals surface area contributed by atoms with Crippen LogP contribution in [-0.2, 0) is 9.53 Å². The van der Waals surface area contributed by atoms with Crippen LogP contribution in [0, 0.1) is 0 Å². The summed E-state index contributed by atoms with van der Waals surface area (Å²) in [6.45, 7) is 2.53. The molecule has 1 heterocycles. The Balaban J connectivity index is 2.22. The van der Waals surface area contributed by atoms with E-state index in [0.717, 1.165) is 12.8 Å². The fraction of sp³-hybridized carbons (Fsp3) is 0.538. The fourth-order valence-electron chi connectivity index (χ4n) is 2.26. The van der Waals surface area contributed by atoms with Crippen LogP contribution in [-0.4, -0.2) is 17.9 Å².